The minimum absolute atomic E-state index is 0.366. The molecule has 1 amide bonds. The van der Waals surface area contributed by atoms with Gasteiger partial charge in [0.1, 0.15) is 0 Å². The molecule has 4 heteroatoms. The van der Waals surface area contributed by atoms with Crippen LogP contribution in [0.3, 0.4) is 0 Å². The molecule has 0 spiro atoms. The molecule has 1 aromatic carbocycles. The molecule has 0 aromatic heterocycles. The summed E-state index contributed by atoms with van der Waals surface area (Å²) < 4.78 is 0. The van der Waals surface area contributed by atoms with Crippen molar-refractivity contribution in [2.45, 2.75) is 39.0 Å². The summed E-state index contributed by atoms with van der Waals surface area (Å²) in [6.07, 6.45) is 6.25. The second-order valence-corrected chi connectivity index (χ2v) is 4.81. The van der Waals surface area contributed by atoms with Gasteiger partial charge in [-0.15, -0.1) is 0 Å². The normalized spacial score (nSPS) is 10.3. The Bertz CT molecular complexity index is 393. The van der Waals surface area contributed by atoms with Crippen LogP contribution in [0.2, 0.25) is 5.02 Å². The lowest BCUT2D eigenvalue weighted by Crippen LogP contribution is -2.11. The van der Waals surface area contributed by atoms with E-state index < -0.39 is 5.91 Å². The average Bonchev–Trinajstić information content (AvgIpc) is 2.33. The number of carbonyl (C=O) groups is 1. The molecular formula is C14H21ClN2O. The Morgan fingerprint density at radius 2 is 2.00 bits per heavy atom. The summed E-state index contributed by atoms with van der Waals surface area (Å²) in [5.41, 5.74) is 6.49. The van der Waals surface area contributed by atoms with Gasteiger partial charge in [-0.3, -0.25) is 4.79 Å². The third-order valence-electron chi connectivity index (χ3n) is 2.84. The lowest BCUT2D eigenvalue weighted by Gasteiger charge is -2.08. The molecule has 0 aliphatic rings. The molecule has 0 aliphatic heterocycles. The first kappa shape index (κ1) is 14.8. The van der Waals surface area contributed by atoms with Crippen LogP contribution in [0, 0.1) is 0 Å². The molecule has 0 saturated carbocycles. The molecule has 0 aliphatic carbocycles. The number of hydrogen-bond donors (Lipinski definition) is 2. The molecule has 3 nitrogen and oxygen atoms in total. The summed E-state index contributed by atoms with van der Waals surface area (Å²) in [5, 5.41) is 3.69. The van der Waals surface area contributed by atoms with Crippen molar-refractivity contribution < 1.29 is 4.79 Å². The topological polar surface area (TPSA) is 55.1 Å². The van der Waals surface area contributed by atoms with Crippen LogP contribution in [0.1, 0.15) is 49.4 Å². The van der Waals surface area contributed by atoms with E-state index in [2.05, 4.69) is 12.2 Å². The zero-order valence-electron chi connectivity index (χ0n) is 10.8. The summed E-state index contributed by atoms with van der Waals surface area (Å²) in [6.45, 7) is 3.14. The van der Waals surface area contributed by atoms with E-state index in [-0.39, 0.29) is 0 Å². The number of amides is 1. The van der Waals surface area contributed by atoms with Gasteiger partial charge in [0.25, 0.3) is 0 Å². The van der Waals surface area contributed by atoms with Crippen molar-refractivity contribution in [1.82, 2.24) is 0 Å². The predicted molar refractivity (Wildman–Crippen MR) is 77.2 cm³/mol. The minimum atomic E-state index is -0.494. The summed E-state index contributed by atoms with van der Waals surface area (Å²) in [4.78, 5) is 11.0. The molecule has 3 N–H and O–H groups in total. The lowest BCUT2D eigenvalue weighted by atomic mass is 10.1. The van der Waals surface area contributed by atoms with Crippen LogP contribution in [-0.2, 0) is 0 Å². The monoisotopic (exact) mass is 268 g/mol. The summed E-state index contributed by atoms with van der Waals surface area (Å²) in [7, 11) is 0. The molecule has 0 saturated heterocycles. The number of halogens is 1. The molecule has 0 unspecified atom stereocenters. The number of primary amides is 1. The van der Waals surface area contributed by atoms with Crippen LogP contribution < -0.4 is 11.1 Å². The van der Waals surface area contributed by atoms with Crippen molar-refractivity contribution >= 4 is 23.2 Å². The van der Waals surface area contributed by atoms with E-state index in [1.54, 1.807) is 12.1 Å². The van der Waals surface area contributed by atoms with Crippen molar-refractivity contribution in [3.63, 3.8) is 0 Å². The SMILES string of the molecule is CCCCCCCNc1ccc(C(N)=O)c(Cl)c1. The smallest absolute Gasteiger partial charge is 0.250 e. The van der Waals surface area contributed by atoms with Crippen molar-refractivity contribution in [3.8, 4) is 0 Å². The number of carbonyl (C=O) groups excluding carboxylic acids is 1. The third-order valence-corrected chi connectivity index (χ3v) is 3.16. The Morgan fingerprint density at radius 1 is 1.28 bits per heavy atom. The number of anilines is 1. The first-order valence-electron chi connectivity index (χ1n) is 6.48. The van der Waals surface area contributed by atoms with Gasteiger partial charge in [0, 0.05) is 12.2 Å². The maximum absolute atomic E-state index is 11.0. The standard InChI is InChI=1S/C14H21ClN2O/c1-2-3-4-5-6-9-17-11-7-8-12(14(16)18)13(15)10-11/h7-8,10,17H,2-6,9H2,1H3,(H2,16,18). The van der Waals surface area contributed by atoms with E-state index in [9.17, 15) is 4.79 Å². The summed E-state index contributed by atoms with van der Waals surface area (Å²) >= 11 is 5.96. The zero-order chi connectivity index (χ0) is 13.4. The van der Waals surface area contributed by atoms with Gasteiger partial charge in [0.05, 0.1) is 10.6 Å². The van der Waals surface area contributed by atoms with Crippen LogP contribution in [0.4, 0.5) is 5.69 Å². The predicted octanol–water partition coefficient (Wildman–Crippen LogP) is 3.82. The molecular weight excluding hydrogens is 248 g/mol. The van der Waals surface area contributed by atoms with E-state index in [0.29, 0.717) is 10.6 Å². The lowest BCUT2D eigenvalue weighted by molar-refractivity contribution is 0.100. The Hall–Kier alpha value is -1.22. The third kappa shape index (κ3) is 4.96. The quantitative estimate of drug-likeness (QED) is 0.704. The maximum Gasteiger partial charge on any atom is 0.250 e. The van der Waals surface area contributed by atoms with Gasteiger partial charge in [0.2, 0.25) is 5.91 Å². The fourth-order valence-corrected chi connectivity index (χ4v) is 2.06. The maximum atomic E-state index is 11.0. The van der Waals surface area contributed by atoms with Gasteiger partial charge in [0.15, 0.2) is 0 Å². The number of nitrogens with two attached hydrogens (primary N) is 1. The van der Waals surface area contributed by atoms with Gasteiger partial charge >= 0.3 is 0 Å². The summed E-state index contributed by atoms with van der Waals surface area (Å²) in [6, 6.07) is 5.23. The number of nitrogens with one attached hydrogen (secondary N) is 1. The number of rotatable bonds is 8. The molecule has 1 rings (SSSR count). The fourth-order valence-electron chi connectivity index (χ4n) is 1.79. The molecule has 0 fully saturated rings. The van der Waals surface area contributed by atoms with Crippen LogP contribution in [0.15, 0.2) is 18.2 Å². The largest absolute Gasteiger partial charge is 0.385 e. The van der Waals surface area contributed by atoms with Crippen molar-refractivity contribution in [2.75, 3.05) is 11.9 Å². The average molecular weight is 269 g/mol. The van der Waals surface area contributed by atoms with E-state index in [0.717, 1.165) is 18.7 Å². The van der Waals surface area contributed by atoms with E-state index in [4.69, 9.17) is 17.3 Å². The van der Waals surface area contributed by atoms with Gasteiger partial charge in [-0.25, -0.2) is 0 Å². The molecule has 0 atom stereocenters. The van der Waals surface area contributed by atoms with E-state index in [1.807, 2.05) is 6.07 Å². The molecule has 18 heavy (non-hydrogen) atoms. The molecule has 1 aromatic rings. The minimum Gasteiger partial charge on any atom is -0.385 e. The van der Waals surface area contributed by atoms with Crippen LogP contribution in [0.25, 0.3) is 0 Å². The van der Waals surface area contributed by atoms with Gasteiger partial charge < -0.3 is 11.1 Å². The first-order chi connectivity index (χ1) is 8.65. The van der Waals surface area contributed by atoms with Crippen molar-refractivity contribution in [3.05, 3.63) is 28.8 Å². The Morgan fingerprint density at radius 3 is 2.61 bits per heavy atom. The van der Waals surface area contributed by atoms with Gasteiger partial charge in [-0.1, -0.05) is 44.2 Å². The second-order valence-electron chi connectivity index (χ2n) is 4.40. The van der Waals surface area contributed by atoms with Crippen LogP contribution in [-0.4, -0.2) is 12.5 Å². The van der Waals surface area contributed by atoms with Crippen molar-refractivity contribution in [1.29, 1.82) is 0 Å². The number of benzene rings is 1. The van der Waals surface area contributed by atoms with Gasteiger partial charge in [-0.05, 0) is 24.6 Å². The Balaban J connectivity index is 2.35. The molecule has 0 bridgehead atoms. The highest BCUT2D eigenvalue weighted by Gasteiger charge is 2.06. The Labute approximate surface area is 114 Å². The molecule has 0 heterocycles. The van der Waals surface area contributed by atoms with Crippen LogP contribution >= 0.6 is 11.6 Å². The number of unbranched alkanes of at least 4 members (excludes halogenated alkanes) is 4. The molecule has 0 radical (unpaired) electrons. The first-order valence-corrected chi connectivity index (χ1v) is 6.86. The van der Waals surface area contributed by atoms with E-state index in [1.165, 1.54) is 25.7 Å². The Kier molecular flexibility index (Phi) is 6.58. The highest BCUT2D eigenvalue weighted by atomic mass is 35.5. The fraction of sp³-hybridized carbons (Fsp3) is 0.500. The molecule has 100 valence electrons. The van der Waals surface area contributed by atoms with Crippen molar-refractivity contribution in [2.24, 2.45) is 5.73 Å². The zero-order valence-corrected chi connectivity index (χ0v) is 11.6. The van der Waals surface area contributed by atoms with E-state index >= 15 is 0 Å². The highest BCUT2D eigenvalue weighted by molar-refractivity contribution is 6.34. The van der Waals surface area contributed by atoms with Crippen LogP contribution in [0.5, 0.6) is 0 Å². The number of hydrogen-bond acceptors (Lipinski definition) is 2. The highest BCUT2D eigenvalue weighted by Crippen LogP contribution is 2.20. The second kappa shape index (κ2) is 7.98. The van der Waals surface area contributed by atoms with Gasteiger partial charge in [-0.2, -0.15) is 0 Å². The summed E-state index contributed by atoms with van der Waals surface area (Å²) in [5.74, 6) is -0.494.